The van der Waals surface area contributed by atoms with Crippen molar-refractivity contribution >= 4 is 0 Å². The molecule has 0 aliphatic rings. The zero-order chi connectivity index (χ0) is 15.0. The lowest BCUT2D eigenvalue weighted by Gasteiger charge is -2.22. The normalized spacial score (nSPS) is 14.3. The first kappa shape index (κ1) is 17.0. The van der Waals surface area contributed by atoms with Crippen LogP contribution < -0.4 is 10.1 Å². The molecule has 1 aromatic rings. The monoisotopic (exact) mass is 278 g/mol. The van der Waals surface area contributed by atoms with E-state index >= 15 is 0 Å². The van der Waals surface area contributed by atoms with E-state index in [0.717, 1.165) is 31.7 Å². The van der Waals surface area contributed by atoms with Gasteiger partial charge in [0.05, 0.1) is 6.61 Å². The van der Waals surface area contributed by atoms with Crippen LogP contribution in [0.3, 0.4) is 0 Å². The second kappa shape index (κ2) is 8.98. The SMILES string of the molecule is CCCOc1ccc(C(C)NC(C)CCN(C)C)cc1. The van der Waals surface area contributed by atoms with Crippen LogP contribution in [0.25, 0.3) is 0 Å². The maximum Gasteiger partial charge on any atom is 0.119 e. The highest BCUT2D eigenvalue weighted by atomic mass is 16.5. The molecule has 2 unspecified atom stereocenters. The van der Waals surface area contributed by atoms with Crippen LogP contribution in [0.15, 0.2) is 24.3 Å². The molecule has 0 saturated carbocycles. The Balaban J connectivity index is 2.44. The Hall–Kier alpha value is -1.06. The summed E-state index contributed by atoms with van der Waals surface area (Å²) in [6.45, 7) is 8.49. The fraction of sp³-hybridized carbons (Fsp3) is 0.647. The summed E-state index contributed by atoms with van der Waals surface area (Å²) >= 11 is 0. The highest BCUT2D eigenvalue weighted by molar-refractivity contribution is 5.29. The van der Waals surface area contributed by atoms with Crippen LogP contribution in [0.4, 0.5) is 0 Å². The first-order valence-corrected chi connectivity index (χ1v) is 7.66. The van der Waals surface area contributed by atoms with Crippen molar-refractivity contribution in [2.75, 3.05) is 27.2 Å². The second-order valence-corrected chi connectivity index (χ2v) is 5.80. The predicted octanol–water partition coefficient (Wildman–Crippen LogP) is 3.47. The summed E-state index contributed by atoms with van der Waals surface area (Å²) in [7, 11) is 4.23. The fourth-order valence-corrected chi connectivity index (χ4v) is 2.13. The maximum absolute atomic E-state index is 5.61. The molecular weight excluding hydrogens is 248 g/mol. The number of nitrogens with zero attached hydrogens (tertiary/aromatic N) is 1. The molecule has 0 saturated heterocycles. The van der Waals surface area contributed by atoms with Gasteiger partial charge in [-0.05, 0) is 65.0 Å². The van der Waals surface area contributed by atoms with Gasteiger partial charge in [0.2, 0.25) is 0 Å². The van der Waals surface area contributed by atoms with Crippen molar-refractivity contribution in [3.8, 4) is 5.75 Å². The van der Waals surface area contributed by atoms with Gasteiger partial charge in [-0.25, -0.2) is 0 Å². The number of benzene rings is 1. The van der Waals surface area contributed by atoms with Crippen LogP contribution in [0.2, 0.25) is 0 Å². The van der Waals surface area contributed by atoms with E-state index in [4.69, 9.17) is 4.74 Å². The van der Waals surface area contributed by atoms with E-state index in [1.807, 2.05) is 0 Å². The van der Waals surface area contributed by atoms with Crippen LogP contribution in [0.1, 0.15) is 45.2 Å². The van der Waals surface area contributed by atoms with Gasteiger partial charge in [-0.15, -0.1) is 0 Å². The van der Waals surface area contributed by atoms with E-state index in [-0.39, 0.29) is 0 Å². The molecule has 0 radical (unpaired) electrons. The van der Waals surface area contributed by atoms with Crippen molar-refractivity contribution in [1.82, 2.24) is 10.2 Å². The summed E-state index contributed by atoms with van der Waals surface area (Å²) < 4.78 is 5.61. The van der Waals surface area contributed by atoms with Gasteiger partial charge in [-0.2, -0.15) is 0 Å². The standard InChI is InChI=1S/C17H30N2O/c1-6-13-20-17-9-7-16(8-10-17)15(3)18-14(2)11-12-19(4)5/h7-10,14-15,18H,6,11-13H2,1-5H3. The van der Waals surface area contributed by atoms with E-state index < -0.39 is 0 Å². The molecule has 0 heterocycles. The van der Waals surface area contributed by atoms with E-state index in [1.54, 1.807) is 0 Å². The Labute approximate surface area is 124 Å². The lowest BCUT2D eigenvalue weighted by molar-refractivity contribution is 0.317. The molecule has 3 heteroatoms. The summed E-state index contributed by atoms with van der Waals surface area (Å²) in [5.74, 6) is 0.962. The highest BCUT2D eigenvalue weighted by Gasteiger charge is 2.09. The molecule has 0 amide bonds. The smallest absolute Gasteiger partial charge is 0.119 e. The van der Waals surface area contributed by atoms with Crippen molar-refractivity contribution in [3.63, 3.8) is 0 Å². The van der Waals surface area contributed by atoms with Gasteiger partial charge in [-0.1, -0.05) is 19.1 Å². The van der Waals surface area contributed by atoms with E-state index in [1.165, 1.54) is 5.56 Å². The third-order valence-corrected chi connectivity index (χ3v) is 3.40. The maximum atomic E-state index is 5.61. The van der Waals surface area contributed by atoms with Crippen LogP contribution in [0, 0.1) is 0 Å². The Bertz CT molecular complexity index is 362. The third kappa shape index (κ3) is 6.40. The molecule has 1 rings (SSSR count). The minimum atomic E-state index is 0.368. The summed E-state index contributed by atoms with van der Waals surface area (Å²) in [6, 6.07) is 9.32. The molecule has 0 aliphatic carbocycles. The van der Waals surface area contributed by atoms with Gasteiger partial charge in [0.25, 0.3) is 0 Å². The molecule has 1 N–H and O–H groups in total. The van der Waals surface area contributed by atoms with Crippen LogP contribution >= 0.6 is 0 Å². The van der Waals surface area contributed by atoms with Gasteiger partial charge in [-0.3, -0.25) is 0 Å². The van der Waals surface area contributed by atoms with Gasteiger partial charge >= 0.3 is 0 Å². The number of nitrogens with one attached hydrogen (secondary N) is 1. The Morgan fingerprint density at radius 3 is 2.35 bits per heavy atom. The van der Waals surface area contributed by atoms with Crippen molar-refractivity contribution in [2.45, 2.75) is 45.7 Å². The van der Waals surface area contributed by atoms with Crippen molar-refractivity contribution < 1.29 is 4.74 Å². The van der Waals surface area contributed by atoms with Crippen molar-refractivity contribution in [1.29, 1.82) is 0 Å². The molecule has 2 atom stereocenters. The molecule has 0 fully saturated rings. The minimum absolute atomic E-state index is 0.368. The number of hydrogen-bond donors (Lipinski definition) is 1. The fourth-order valence-electron chi connectivity index (χ4n) is 2.13. The summed E-state index contributed by atoms with van der Waals surface area (Å²) in [5, 5.41) is 3.65. The van der Waals surface area contributed by atoms with Gasteiger partial charge < -0.3 is 15.0 Å². The average Bonchev–Trinajstić information content (AvgIpc) is 2.43. The second-order valence-electron chi connectivity index (χ2n) is 5.80. The molecule has 1 aromatic carbocycles. The third-order valence-electron chi connectivity index (χ3n) is 3.40. The molecule has 0 aliphatic heterocycles. The Kier molecular flexibility index (Phi) is 7.63. The average molecular weight is 278 g/mol. The topological polar surface area (TPSA) is 24.5 Å². The zero-order valence-electron chi connectivity index (χ0n) is 13.6. The highest BCUT2D eigenvalue weighted by Crippen LogP contribution is 2.18. The zero-order valence-corrected chi connectivity index (χ0v) is 13.6. The quantitative estimate of drug-likeness (QED) is 0.748. The summed E-state index contributed by atoms with van der Waals surface area (Å²) in [5.41, 5.74) is 1.31. The van der Waals surface area contributed by atoms with Crippen LogP contribution in [-0.2, 0) is 0 Å². The van der Waals surface area contributed by atoms with E-state index in [0.29, 0.717) is 12.1 Å². The van der Waals surface area contributed by atoms with E-state index in [9.17, 15) is 0 Å². The molecular formula is C17H30N2O. The van der Waals surface area contributed by atoms with Gasteiger partial charge in [0.1, 0.15) is 5.75 Å². The molecule has 114 valence electrons. The molecule has 3 nitrogen and oxygen atoms in total. The van der Waals surface area contributed by atoms with Crippen molar-refractivity contribution in [3.05, 3.63) is 29.8 Å². The number of ether oxygens (including phenoxy) is 1. The minimum Gasteiger partial charge on any atom is -0.494 e. The lowest BCUT2D eigenvalue weighted by atomic mass is 10.1. The Morgan fingerprint density at radius 1 is 1.15 bits per heavy atom. The number of hydrogen-bond acceptors (Lipinski definition) is 3. The Morgan fingerprint density at radius 2 is 1.80 bits per heavy atom. The largest absolute Gasteiger partial charge is 0.494 e. The van der Waals surface area contributed by atoms with E-state index in [2.05, 4.69) is 69.3 Å². The molecule has 20 heavy (non-hydrogen) atoms. The van der Waals surface area contributed by atoms with Gasteiger partial charge in [0, 0.05) is 12.1 Å². The molecule has 0 bridgehead atoms. The van der Waals surface area contributed by atoms with Gasteiger partial charge in [0.15, 0.2) is 0 Å². The first-order valence-electron chi connectivity index (χ1n) is 7.66. The van der Waals surface area contributed by atoms with Crippen LogP contribution in [-0.4, -0.2) is 38.2 Å². The summed E-state index contributed by atoms with van der Waals surface area (Å²) in [4.78, 5) is 2.22. The number of rotatable bonds is 9. The molecule has 0 spiro atoms. The summed E-state index contributed by atoms with van der Waals surface area (Å²) in [6.07, 6.45) is 2.21. The molecule has 0 aromatic heterocycles. The van der Waals surface area contributed by atoms with Crippen LogP contribution in [0.5, 0.6) is 5.75 Å². The first-order chi connectivity index (χ1) is 9.52. The predicted molar refractivity (Wildman–Crippen MR) is 86.4 cm³/mol. The lowest BCUT2D eigenvalue weighted by Crippen LogP contribution is -2.31. The van der Waals surface area contributed by atoms with Crippen molar-refractivity contribution in [2.24, 2.45) is 0 Å².